The van der Waals surface area contributed by atoms with Gasteiger partial charge in [0, 0.05) is 0 Å². The molecule has 2 heterocycles. The largest absolute Gasteiger partial charge is 0.458 e. The summed E-state index contributed by atoms with van der Waals surface area (Å²) in [5, 5.41) is 0. The zero-order chi connectivity index (χ0) is 16.1. The number of hydrogen-bond acceptors (Lipinski definition) is 7. The Morgan fingerprint density at radius 3 is 1.48 bits per heavy atom. The third kappa shape index (κ3) is 2.12. The fourth-order valence-electron chi connectivity index (χ4n) is 2.93. The van der Waals surface area contributed by atoms with Crippen LogP contribution in [0.5, 0.6) is 0 Å². The number of cyclic esters (lactones) is 4. The molecule has 2 aliphatic carbocycles. The Bertz CT molecular complexity index is 703. The second-order valence-corrected chi connectivity index (χ2v) is 5.54. The van der Waals surface area contributed by atoms with Gasteiger partial charge in [-0.05, 0) is 24.3 Å². The van der Waals surface area contributed by atoms with Crippen LogP contribution in [0.3, 0.4) is 0 Å². The van der Waals surface area contributed by atoms with Crippen molar-refractivity contribution in [1.82, 2.24) is 0 Å². The molecule has 0 aromatic heterocycles. The van der Waals surface area contributed by atoms with Crippen LogP contribution in [0, 0.1) is 23.7 Å². The molecular formula is C16H10O7. The van der Waals surface area contributed by atoms with Crippen molar-refractivity contribution in [2.75, 3.05) is 0 Å². The Balaban J connectivity index is 1.54. The maximum atomic E-state index is 11.6. The second-order valence-electron chi connectivity index (χ2n) is 5.54. The van der Waals surface area contributed by atoms with Crippen molar-refractivity contribution >= 4 is 23.9 Å². The summed E-state index contributed by atoms with van der Waals surface area (Å²) < 4.78 is 14.8. The van der Waals surface area contributed by atoms with Crippen molar-refractivity contribution in [2.24, 2.45) is 23.7 Å². The first-order valence-corrected chi connectivity index (χ1v) is 7.02. The van der Waals surface area contributed by atoms with Gasteiger partial charge >= 0.3 is 23.9 Å². The van der Waals surface area contributed by atoms with E-state index in [0.29, 0.717) is 11.5 Å². The van der Waals surface area contributed by atoms with Gasteiger partial charge in [-0.2, -0.15) is 0 Å². The highest BCUT2D eigenvalue weighted by molar-refractivity contribution is 5.99. The molecule has 0 spiro atoms. The average molecular weight is 314 g/mol. The number of hydrogen-bond donors (Lipinski definition) is 0. The number of ether oxygens (including phenoxy) is 3. The predicted molar refractivity (Wildman–Crippen MR) is 71.7 cm³/mol. The fraction of sp³-hybridized carbons (Fsp3) is 0.250. The molecule has 7 heteroatoms. The summed E-state index contributed by atoms with van der Waals surface area (Å²) in [7, 11) is 0. The van der Waals surface area contributed by atoms with Crippen molar-refractivity contribution in [1.29, 1.82) is 0 Å². The van der Waals surface area contributed by atoms with E-state index in [1.54, 1.807) is 24.3 Å². The minimum absolute atomic E-state index is 0.366. The van der Waals surface area contributed by atoms with Crippen LogP contribution in [0.25, 0.3) is 0 Å². The SMILES string of the molecule is O=C1OC(=O)C2C=C(OC3=CC4C(=O)OC(=O)C4C=C3)C=CC12. The molecule has 2 fully saturated rings. The number of rotatable bonds is 2. The number of fused-ring (bicyclic) bond motifs is 2. The standard InChI is InChI=1S/C16H10O7/c17-13-9-3-1-7(5-11(9)15(19)22-13)21-8-2-4-10-12(6-8)16(20)23-14(10)18/h1-6,9-12H. The van der Waals surface area contributed by atoms with Gasteiger partial charge in [-0.3, -0.25) is 19.2 Å². The molecule has 4 unspecified atom stereocenters. The van der Waals surface area contributed by atoms with Crippen molar-refractivity contribution in [3.63, 3.8) is 0 Å². The predicted octanol–water partition coefficient (Wildman–Crippen LogP) is 0.542. The fourth-order valence-corrected chi connectivity index (χ4v) is 2.93. The van der Waals surface area contributed by atoms with Gasteiger partial charge in [0.15, 0.2) is 0 Å². The van der Waals surface area contributed by atoms with Crippen LogP contribution in [-0.4, -0.2) is 23.9 Å². The molecule has 0 saturated carbocycles. The van der Waals surface area contributed by atoms with Crippen molar-refractivity contribution in [3.05, 3.63) is 48.0 Å². The third-order valence-corrected chi connectivity index (χ3v) is 4.12. The van der Waals surface area contributed by atoms with Gasteiger partial charge < -0.3 is 14.2 Å². The summed E-state index contributed by atoms with van der Waals surface area (Å²) in [6, 6.07) is 0. The Kier molecular flexibility index (Phi) is 2.84. The highest BCUT2D eigenvalue weighted by atomic mass is 16.6. The summed E-state index contributed by atoms with van der Waals surface area (Å²) in [4.78, 5) is 46.0. The van der Waals surface area contributed by atoms with E-state index >= 15 is 0 Å². The normalized spacial score (nSPS) is 34.4. The van der Waals surface area contributed by atoms with Crippen LogP contribution in [0.2, 0.25) is 0 Å². The van der Waals surface area contributed by atoms with Gasteiger partial charge in [0.1, 0.15) is 11.5 Å². The summed E-state index contributed by atoms with van der Waals surface area (Å²) in [6.07, 6.45) is 9.26. The topological polar surface area (TPSA) is 96.0 Å². The maximum Gasteiger partial charge on any atom is 0.321 e. The van der Waals surface area contributed by atoms with Crippen molar-refractivity contribution < 1.29 is 33.4 Å². The lowest BCUT2D eigenvalue weighted by Crippen LogP contribution is -2.19. The van der Waals surface area contributed by atoms with Crippen LogP contribution in [0.15, 0.2) is 48.0 Å². The highest BCUT2D eigenvalue weighted by Gasteiger charge is 2.44. The number of esters is 4. The Morgan fingerprint density at radius 2 is 1.04 bits per heavy atom. The molecule has 4 atom stereocenters. The minimum Gasteiger partial charge on any atom is -0.458 e. The molecule has 0 aromatic carbocycles. The summed E-state index contributed by atoms with van der Waals surface area (Å²) in [5.74, 6) is -4.24. The molecule has 7 nitrogen and oxygen atoms in total. The summed E-state index contributed by atoms with van der Waals surface area (Å²) in [6.45, 7) is 0. The lowest BCUT2D eigenvalue weighted by Gasteiger charge is -2.18. The molecular weight excluding hydrogens is 304 g/mol. The zero-order valence-corrected chi connectivity index (χ0v) is 11.6. The van der Waals surface area contributed by atoms with Gasteiger partial charge in [0.05, 0.1) is 23.7 Å². The van der Waals surface area contributed by atoms with E-state index in [4.69, 9.17) is 4.74 Å². The molecule has 23 heavy (non-hydrogen) atoms. The van der Waals surface area contributed by atoms with Gasteiger partial charge in [-0.15, -0.1) is 0 Å². The van der Waals surface area contributed by atoms with E-state index in [9.17, 15) is 19.2 Å². The number of carbonyl (C=O) groups excluding carboxylic acids is 4. The summed E-state index contributed by atoms with van der Waals surface area (Å²) in [5.41, 5.74) is 0. The second kappa shape index (κ2) is 4.77. The molecule has 0 amide bonds. The third-order valence-electron chi connectivity index (χ3n) is 4.12. The first-order valence-electron chi connectivity index (χ1n) is 7.02. The minimum atomic E-state index is -0.693. The molecule has 0 bridgehead atoms. The smallest absolute Gasteiger partial charge is 0.321 e. The lowest BCUT2D eigenvalue weighted by molar-refractivity contribution is -0.155. The molecule has 116 valence electrons. The van der Waals surface area contributed by atoms with Crippen LogP contribution in [0.4, 0.5) is 0 Å². The molecule has 2 aliphatic heterocycles. The van der Waals surface area contributed by atoms with Gasteiger partial charge in [0.25, 0.3) is 0 Å². The Labute approximate surface area is 129 Å². The highest BCUT2D eigenvalue weighted by Crippen LogP contribution is 2.35. The molecule has 4 rings (SSSR count). The van der Waals surface area contributed by atoms with Crippen molar-refractivity contribution in [3.8, 4) is 0 Å². The van der Waals surface area contributed by atoms with Gasteiger partial charge in [0.2, 0.25) is 0 Å². The maximum absolute atomic E-state index is 11.6. The zero-order valence-electron chi connectivity index (χ0n) is 11.6. The van der Waals surface area contributed by atoms with Crippen LogP contribution >= 0.6 is 0 Å². The van der Waals surface area contributed by atoms with Crippen LogP contribution in [0.1, 0.15) is 0 Å². The Hall–Kier alpha value is -2.96. The van der Waals surface area contributed by atoms with Crippen molar-refractivity contribution in [2.45, 2.75) is 0 Å². The molecule has 0 radical (unpaired) electrons. The number of carbonyl (C=O) groups is 4. The number of allylic oxidation sites excluding steroid dienone is 2. The van der Waals surface area contributed by atoms with E-state index in [2.05, 4.69) is 9.47 Å². The average Bonchev–Trinajstić information content (AvgIpc) is 2.96. The molecule has 0 aromatic rings. The van der Waals surface area contributed by atoms with Crippen LogP contribution < -0.4 is 0 Å². The quantitative estimate of drug-likeness (QED) is 0.542. The van der Waals surface area contributed by atoms with E-state index in [0.717, 1.165) is 0 Å². The van der Waals surface area contributed by atoms with E-state index in [-0.39, 0.29) is 0 Å². The monoisotopic (exact) mass is 314 g/mol. The summed E-state index contributed by atoms with van der Waals surface area (Å²) >= 11 is 0. The van der Waals surface area contributed by atoms with Gasteiger partial charge in [-0.25, -0.2) is 0 Å². The van der Waals surface area contributed by atoms with E-state index in [1.165, 1.54) is 12.2 Å². The molecule has 0 N–H and O–H groups in total. The first kappa shape index (κ1) is 13.7. The van der Waals surface area contributed by atoms with Crippen LogP contribution in [-0.2, 0) is 33.4 Å². The van der Waals surface area contributed by atoms with Gasteiger partial charge in [-0.1, -0.05) is 12.2 Å². The van der Waals surface area contributed by atoms with E-state index < -0.39 is 47.5 Å². The molecule has 2 saturated heterocycles. The lowest BCUT2D eigenvalue weighted by atomic mass is 9.89. The Morgan fingerprint density at radius 1 is 0.652 bits per heavy atom. The van der Waals surface area contributed by atoms with E-state index in [1.807, 2.05) is 0 Å². The molecule has 4 aliphatic rings. The first-order chi connectivity index (χ1) is 11.0.